The quantitative estimate of drug-likeness (QED) is 0.661. The molecule has 0 unspecified atom stereocenters. The topological polar surface area (TPSA) is 40.1 Å². The fourth-order valence-corrected chi connectivity index (χ4v) is 0.873. The molecule has 0 heterocycles. The van der Waals surface area contributed by atoms with E-state index >= 15 is 0 Å². The maximum atomic E-state index is 9.92. The summed E-state index contributed by atoms with van der Waals surface area (Å²) in [6, 6.07) is 0. The maximum absolute atomic E-state index is 9.92. The molecular weight excluding hydrogens is 351 g/mol. The van der Waals surface area contributed by atoms with Crippen LogP contribution >= 0.6 is 0 Å². The van der Waals surface area contributed by atoms with Crippen molar-refractivity contribution in [3.63, 3.8) is 0 Å². The van der Waals surface area contributed by atoms with Crippen molar-refractivity contribution in [3.8, 4) is 0 Å². The van der Waals surface area contributed by atoms with Crippen LogP contribution in [0.15, 0.2) is 0 Å². The summed E-state index contributed by atoms with van der Waals surface area (Å²) in [7, 11) is 0. The van der Waals surface area contributed by atoms with E-state index in [2.05, 4.69) is 6.92 Å². The average Bonchev–Trinajstić information content (AvgIpc) is 1.87. The van der Waals surface area contributed by atoms with E-state index in [1.807, 2.05) is 0 Å². The zero-order valence-electron chi connectivity index (χ0n) is 7.56. The van der Waals surface area contributed by atoms with E-state index in [0.717, 1.165) is 19.3 Å². The molecule has 0 radical (unpaired) electrons. The van der Waals surface area contributed by atoms with E-state index in [-0.39, 0.29) is 56.3 Å². The van der Waals surface area contributed by atoms with Crippen LogP contribution in [0.3, 0.4) is 0 Å². The molecule has 0 saturated heterocycles. The Balaban J connectivity index is 0. The Morgan fingerprint density at radius 1 is 1.18 bits per heavy atom. The summed E-state index contributed by atoms with van der Waals surface area (Å²) in [6.45, 7) is 2.14. The van der Waals surface area contributed by atoms with Crippen LogP contribution in [0.1, 0.15) is 45.4 Å². The van der Waals surface area contributed by atoms with E-state index in [0.29, 0.717) is 0 Å². The predicted molar refractivity (Wildman–Crippen MR) is 38.4 cm³/mol. The molecule has 0 aromatic heterocycles. The maximum Gasteiger partial charge on any atom is 1.00 e. The average molecular weight is 366 g/mol. The minimum absolute atomic E-state index is 0. The summed E-state index contributed by atoms with van der Waals surface area (Å²) < 4.78 is 0. The standard InChI is InChI=1S/C8H16O2.Fr/c1-2-3-4-5-6-7-8(9)10;/h2-7H2,1H3,(H,9,10);/q;+1/p-1. The molecule has 0 aliphatic rings. The van der Waals surface area contributed by atoms with Gasteiger partial charge in [-0.1, -0.05) is 32.6 Å². The van der Waals surface area contributed by atoms with Crippen molar-refractivity contribution in [2.75, 3.05) is 0 Å². The second kappa shape index (κ2) is 11.1. The van der Waals surface area contributed by atoms with Gasteiger partial charge in [0.15, 0.2) is 0 Å². The molecule has 0 aromatic rings. The number of hydrogen-bond acceptors (Lipinski definition) is 2. The Hall–Kier alpha value is 1.07. The first-order chi connectivity index (χ1) is 4.77. The van der Waals surface area contributed by atoms with Crippen molar-refractivity contribution in [2.24, 2.45) is 0 Å². The number of carboxylic acids is 1. The van der Waals surface area contributed by atoms with Gasteiger partial charge in [-0.25, -0.2) is 0 Å². The van der Waals surface area contributed by atoms with Crippen molar-refractivity contribution in [2.45, 2.75) is 45.4 Å². The smallest absolute Gasteiger partial charge is 0.550 e. The van der Waals surface area contributed by atoms with Gasteiger partial charge in [0, 0.05) is 5.97 Å². The molecule has 11 heavy (non-hydrogen) atoms. The van der Waals surface area contributed by atoms with Gasteiger partial charge in [-0.15, -0.1) is 0 Å². The van der Waals surface area contributed by atoms with E-state index in [4.69, 9.17) is 0 Å². The van der Waals surface area contributed by atoms with E-state index in [1.54, 1.807) is 0 Å². The number of hydrogen-bond donors (Lipinski definition) is 0. The van der Waals surface area contributed by atoms with Gasteiger partial charge < -0.3 is 9.90 Å². The Kier molecular flexibility index (Phi) is 14.7. The largest absolute Gasteiger partial charge is 1.00 e. The van der Waals surface area contributed by atoms with Crippen LogP contribution in [0.5, 0.6) is 0 Å². The zero-order valence-corrected chi connectivity index (χ0v) is 15.8. The first-order valence-electron chi connectivity index (χ1n) is 3.97. The van der Waals surface area contributed by atoms with E-state index in [9.17, 15) is 9.90 Å². The summed E-state index contributed by atoms with van der Waals surface area (Å²) in [4.78, 5) is 9.92. The predicted octanol–water partition coefficient (Wildman–Crippen LogP) is 1.10. The zero-order chi connectivity index (χ0) is 7.82. The second-order valence-electron chi connectivity index (χ2n) is 2.54. The third-order valence-electron chi connectivity index (χ3n) is 1.48. The molecule has 0 atom stereocenters. The summed E-state index contributed by atoms with van der Waals surface area (Å²) in [5.41, 5.74) is 0. The number of carboxylic acid groups (broad SMARTS) is 1. The van der Waals surface area contributed by atoms with Crippen LogP contribution in [0.25, 0.3) is 0 Å². The number of aliphatic carboxylic acids is 1. The van der Waals surface area contributed by atoms with Crippen LogP contribution in [0, 0.1) is 49.9 Å². The molecule has 3 heteroatoms. The van der Waals surface area contributed by atoms with Gasteiger partial charge in [0.2, 0.25) is 0 Å². The number of rotatable bonds is 6. The third kappa shape index (κ3) is 14.0. The molecule has 0 fully saturated rings. The third-order valence-corrected chi connectivity index (χ3v) is 1.48. The SMILES string of the molecule is CCCCCCCC(=O)[O-].[Fr+]. The summed E-state index contributed by atoms with van der Waals surface area (Å²) in [6.07, 6.45) is 5.61. The normalized spacial score (nSPS) is 8.82. The fraction of sp³-hybridized carbons (Fsp3) is 0.875. The molecule has 0 N–H and O–H groups in total. The molecule has 0 aromatic carbocycles. The molecule has 0 rings (SSSR count). The molecule has 0 saturated carbocycles. The Morgan fingerprint density at radius 2 is 1.73 bits per heavy atom. The first kappa shape index (κ1) is 14.6. The van der Waals surface area contributed by atoms with Gasteiger partial charge in [-0.05, 0) is 12.8 Å². The van der Waals surface area contributed by atoms with Crippen molar-refractivity contribution >= 4 is 5.97 Å². The molecule has 0 aliphatic heterocycles. The van der Waals surface area contributed by atoms with Crippen LogP contribution in [-0.2, 0) is 4.79 Å². The number of carbonyl (C=O) groups excluding carboxylic acids is 1. The number of unbranched alkanes of at least 4 members (excludes halogenated alkanes) is 4. The molecule has 0 spiro atoms. The van der Waals surface area contributed by atoms with Crippen LogP contribution in [-0.4, -0.2) is 5.97 Å². The minimum Gasteiger partial charge on any atom is -0.550 e. The van der Waals surface area contributed by atoms with Crippen LogP contribution < -0.4 is 5.11 Å². The molecule has 60 valence electrons. The van der Waals surface area contributed by atoms with Crippen molar-refractivity contribution < 1.29 is 59.8 Å². The summed E-state index contributed by atoms with van der Waals surface area (Å²) in [5.74, 6) is -0.920. The van der Waals surface area contributed by atoms with Crippen molar-refractivity contribution in [1.29, 1.82) is 0 Å². The molecular formula is C8H15FrO2. The van der Waals surface area contributed by atoms with Crippen molar-refractivity contribution in [1.82, 2.24) is 0 Å². The molecule has 2 nitrogen and oxygen atoms in total. The minimum atomic E-state index is -0.920. The van der Waals surface area contributed by atoms with Crippen LogP contribution in [0.4, 0.5) is 0 Å². The molecule has 0 bridgehead atoms. The van der Waals surface area contributed by atoms with E-state index < -0.39 is 5.97 Å². The van der Waals surface area contributed by atoms with Gasteiger partial charge >= 0.3 is 49.9 Å². The summed E-state index contributed by atoms with van der Waals surface area (Å²) in [5, 5.41) is 9.92. The fourth-order valence-electron chi connectivity index (χ4n) is 0.873. The summed E-state index contributed by atoms with van der Waals surface area (Å²) >= 11 is 0. The van der Waals surface area contributed by atoms with E-state index in [1.165, 1.54) is 12.8 Å². The van der Waals surface area contributed by atoms with Crippen LogP contribution in [0.2, 0.25) is 0 Å². The Morgan fingerprint density at radius 3 is 2.18 bits per heavy atom. The van der Waals surface area contributed by atoms with Gasteiger partial charge in [0.25, 0.3) is 0 Å². The molecule has 0 amide bonds. The van der Waals surface area contributed by atoms with Gasteiger partial charge in [0.1, 0.15) is 0 Å². The first-order valence-corrected chi connectivity index (χ1v) is 3.97. The second-order valence-corrected chi connectivity index (χ2v) is 2.54. The monoisotopic (exact) mass is 366 g/mol. The Labute approximate surface area is 110 Å². The van der Waals surface area contributed by atoms with Gasteiger partial charge in [0.05, 0.1) is 0 Å². The molecule has 0 aliphatic carbocycles. The van der Waals surface area contributed by atoms with Crippen molar-refractivity contribution in [3.05, 3.63) is 0 Å². The van der Waals surface area contributed by atoms with Gasteiger partial charge in [-0.2, -0.15) is 0 Å². The number of carbonyl (C=O) groups is 1. The Bertz CT molecular complexity index is 94.1. The van der Waals surface area contributed by atoms with Gasteiger partial charge in [-0.3, -0.25) is 0 Å².